The van der Waals surface area contributed by atoms with Crippen LogP contribution < -0.4 is 41.6 Å². The van der Waals surface area contributed by atoms with E-state index in [9.17, 15) is 0 Å². The van der Waals surface area contributed by atoms with Gasteiger partial charge in [-0.05, 0) is 93.0 Å². The van der Waals surface area contributed by atoms with Gasteiger partial charge in [-0.15, -0.1) is 0 Å². The second-order valence-electron chi connectivity index (χ2n) is 22.4. The Bertz CT molecular complexity index is 3600. The van der Waals surface area contributed by atoms with Crippen molar-refractivity contribution < 1.29 is 9.13 Å². The molecule has 0 N–H and O–H groups in total. The van der Waals surface area contributed by atoms with Crippen LogP contribution in [0, 0.1) is 0 Å². The van der Waals surface area contributed by atoms with Crippen LogP contribution in [0.15, 0.2) is 206 Å². The Hall–Kier alpha value is -6.96. The molecule has 9 aromatic rings. The Kier molecular flexibility index (Phi) is 9.54. The molecule has 13 rings (SSSR count). The number of para-hydroxylation sites is 2. The Labute approximate surface area is 424 Å². The summed E-state index contributed by atoms with van der Waals surface area (Å²) in [7, 11) is -6.67. The molecule has 0 aliphatic carbocycles. The summed E-state index contributed by atoms with van der Waals surface area (Å²) in [6.45, 7) is 18.5. The van der Waals surface area contributed by atoms with Crippen LogP contribution in [0.2, 0.25) is 0 Å². The topological polar surface area (TPSA) is 40.6 Å². The Morgan fingerprint density at radius 3 is 0.972 bits per heavy atom. The van der Waals surface area contributed by atoms with Crippen molar-refractivity contribution in [2.75, 3.05) is 9.80 Å². The van der Waals surface area contributed by atoms with Gasteiger partial charge in [0, 0.05) is 64.9 Å². The van der Waals surface area contributed by atoms with Gasteiger partial charge >= 0.3 is 0 Å². The first-order valence-electron chi connectivity index (χ1n) is 25.3. The van der Waals surface area contributed by atoms with Crippen molar-refractivity contribution in [1.29, 1.82) is 0 Å². The van der Waals surface area contributed by atoms with Gasteiger partial charge in [0.2, 0.25) is 0 Å². The van der Waals surface area contributed by atoms with Gasteiger partial charge in [0.15, 0.2) is 14.3 Å². The minimum atomic E-state index is -3.33. The zero-order valence-electron chi connectivity index (χ0n) is 42.2. The molecule has 0 saturated carbocycles. The van der Waals surface area contributed by atoms with E-state index >= 15 is 9.13 Å². The van der Waals surface area contributed by atoms with Gasteiger partial charge in [0.05, 0.1) is 22.7 Å². The highest BCUT2D eigenvalue weighted by Gasteiger charge is 2.49. The van der Waals surface area contributed by atoms with Crippen LogP contribution in [-0.4, -0.2) is 0 Å². The first-order chi connectivity index (χ1) is 34.5. The standard InChI is InChI=1S/C66H58N2O2P2/c1-63(2)47-27-15-19-31-55(47)67(43-35-37-51-61(39-43)71(69,45-23-11-9-12-24-45)59-33-21-17-29-49(59)65(51,5)6)57-42-54-58(41-53(57)63)68(56-32-20-16-28-48(56)64(54,3)4)44-36-38-52-62(40-44)72(70,46-25-13-10-14-26-46)60-34-22-18-30-50(60)66(52,7)8/h9-42H,1-8H3. The van der Waals surface area contributed by atoms with Crippen LogP contribution in [0.25, 0.3) is 0 Å². The molecule has 9 aromatic carbocycles. The molecule has 2 atom stereocenters. The van der Waals surface area contributed by atoms with Gasteiger partial charge < -0.3 is 18.9 Å². The van der Waals surface area contributed by atoms with Crippen molar-refractivity contribution in [3.63, 3.8) is 0 Å². The fourth-order valence-corrected chi connectivity index (χ4v) is 20.1. The number of benzene rings is 9. The van der Waals surface area contributed by atoms with Crippen molar-refractivity contribution in [2.24, 2.45) is 0 Å². The second-order valence-corrected chi connectivity index (χ2v) is 27.8. The number of anilines is 6. The monoisotopic (exact) mass is 972 g/mol. The van der Waals surface area contributed by atoms with Gasteiger partial charge in [-0.1, -0.05) is 213 Å². The smallest absolute Gasteiger partial charge is 0.171 e. The lowest BCUT2D eigenvalue weighted by Crippen LogP contribution is -2.42. The van der Waals surface area contributed by atoms with Crippen molar-refractivity contribution >= 4 is 80.2 Å². The molecule has 6 heteroatoms. The summed E-state index contributed by atoms with van der Waals surface area (Å²) in [4.78, 5) is 4.88. The number of hydrogen-bond acceptors (Lipinski definition) is 4. The lowest BCUT2D eigenvalue weighted by atomic mass is 9.69. The molecule has 72 heavy (non-hydrogen) atoms. The molecule has 4 aliphatic heterocycles. The Balaban J connectivity index is 1.06. The van der Waals surface area contributed by atoms with E-state index in [1.54, 1.807) is 0 Å². The van der Waals surface area contributed by atoms with E-state index in [1.807, 2.05) is 72.8 Å². The first kappa shape index (κ1) is 44.9. The third kappa shape index (κ3) is 5.89. The van der Waals surface area contributed by atoms with Gasteiger partial charge in [0.25, 0.3) is 0 Å². The normalized spacial score (nSPS) is 20.8. The fourth-order valence-electron chi connectivity index (χ4n) is 13.3. The van der Waals surface area contributed by atoms with Gasteiger partial charge in [-0.2, -0.15) is 0 Å². The number of fused-ring (bicyclic) bond motifs is 8. The van der Waals surface area contributed by atoms with Crippen molar-refractivity contribution in [1.82, 2.24) is 0 Å². The van der Waals surface area contributed by atoms with Crippen molar-refractivity contribution in [3.8, 4) is 0 Å². The molecule has 4 heterocycles. The number of nitrogens with zero attached hydrogens (tertiary/aromatic N) is 2. The van der Waals surface area contributed by atoms with E-state index < -0.39 is 25.1 Å². The predicted octanol–water partition coefficient (Wildman–Crippen LogP) is 14.5. The summed E-state index contributed by atoms with van der Waals surface area (Å²) in [6, 6.07) is 73.1. The van der Waals surface area contributed by atoms with Crippen LogP contribution in [0.5, 0.6) is 0 Å². The van der Waals surface area contributed by atoms with Crippen molar-refractivity contribution in [3.05, 3.63) is 251 Å². The van der Waals surface area contributed by atoms with E-state index in [1.165, 1.54) is 22.3 Å². The first-order valence-corrected chi connectivity index (χ1v) is 28.7. The van der Waals surface area contributed by atoms with E-state index in [0.29, 0.717) is 0 Å². The largest absolute Gasteiger partial charge is 0.310 e. The predicted molar refractivity (Wildman–Crippen MR) is 303 cm³/mol. The van der Waals surface area contributed by atoms with Crippen LogP contribution >= 0.6 is 14.3 Å². The zero-order chi connectivity index (χ0) is 49.7. The van der Waals surface area contributed by atoms with E-state index in [4.69, 9.17) is 0 Å². The second kappa shape index (κ2) is 15.3. The van der Waals surface area contributed by atoms with E-state index in [2.05, 4.69) is 199 Å². The summed E-state index contributed by atoms with van der Waals surface area (Å²) in [5, 5.41) is 5.30. The average Bonchev–Trinajstić information content (AvgIpc) is 3.40. The molecule has 4 nitrogen and oxygen atoms in total. The fraction of sp³-hybridized carbons (Fsp3) is 0.182. The average molecular weight is 973 g/mol. The quantitative estimate of drug-likeness (QED) is 0.165. The van der Waals surface area contributed by atoms with E-state index in [-0.39, 0.29) is 10.8 Å². The Morgan fingerprint density at radius 1 is 0.278 bits per heavy atom. The van der Waals surface area contributed by atoms with Crippen LogP contribution in [0.1, 0.15) is 99.9 Å². The summed E-state index contributed by atoms with van der Waals surface area (Å²) >= 11 is 0. The SMILES string of the molecule is CC1(C)c2ccccc2N(c2ccc3c(c2)P(=O)(c2ccccc2)c2ccccc2C3(C)C)c2cc3c(cc21)N(c1ccc2c(c1)P(=O)(c1ccccc1)c1ccccc1C2(C)C)c1ccccc1C3(C)C. The van der Waals surface area contributed by atoms with Crippen LogP contribution in [-0.2, 0) is 30.8 Å². The summed E-state index contributed by atoms with van der Waals surface area (Å²) < 4.78 is 32.9. The molecule has 2 unspecified atom stereocenters. The minimum Gasteiger partial charge on any atom is -0.310 e. The molecule has 4 aliphatic rings. The van der Waals surface area contributed by atoms with Crippen LogP contribution in [0.4, 0.5) is 34.1 Å². The molecule has 0 aromatic heterocycles. The third-order valence-electron chi connectivity index (χ3n) is 17.2. The molecule has 0 radical (unpaired) electrons. The lowest BCUT2D eigenvalue weighted by molar-refractivity contribution is 0.585. The highest BCUT2D eigenvalue weighted by molar-refractivity contribution is 7.86. The Morgan fingerprint density at radius 2 is 0.583 bits per heavy atom. The van der Waals surface area contributed by atoms with Gasteiger partial charge in [-0.25, -0.2) is 0 Å². The lowest BCUT2D eigenvalue weighted by Gasteiger charge is -2.47. The number of hydrogen-bond donors (Lipinski definition) is 0. The highest BCUT2D eigenvalue weighted by Crippen LogP contribution is 2.61. The molecular formula is C66H58N2O2P2. The summed E-state index contributed by atoms with van der Waals surface area (Å²) in [6.07, 6.45) is 0. The molecule has 0 spiro atoms. The van der Waals surface area contributed by atoms with Crippen molar-refractivity contribution in [2.45, 2.75) is 77.0 Å². The molecule has 0 bridgehead atoms. The van der Waals surface area contributed by atoms with E-state index in [0.717, 1.165) is 88.2 Å². The molecule has 0 fully saturated rings. The van der Waals surface area contributed by atoms with Gasteiger partial charge in [0.1, 0.15) is 0 Å². The zero-order valence-corrected chi connectivity index (χ0v) is 44.0. The molecule has 0 saturated heterocycles. The maximum Gasteiger partial charge on any atom is 0.171 e. The minimum absolute atomic E-state index is 0.378. The maximum absolute atomic E-state index is 16.4. The summed E-state index contributed by atoms with van der Waals surface area (Å²) in [5.41, 5.74) is 14.0. The molecule has 354 valence electrons. The summed E-state index contributed by atoms with van der Waals surface area (Å²) in [5.74, 6) is 0. The van der Waals surface area contributed by atoms with Crippen LogP contribution in [0.3, 0.4) is 0 Å². The third-order valence-corrected chi connectivity index (χ3v) is 23.4. The molecule has 0 amide bonds. The van der Waals surface area contributed by atoms with Gasteiger partial charge in [-0.3, -0.25) is 0 Å². The number of rotatable bonds is 4. The maximum atomic E-state index is 16.4. The highest BCUT2D eigenvalue weighted by atomic mass is 31.2. The molecular weight excluding hydrogens is 915 g/mol.